The lowest BCUT2D eigenvalue weighted by Gasteiger charge is -2.37. The van der Waals surface area contributed by atoms with Gasteiger partial charge in [-0.15, -0.1) is 0 Å². The molecule has 1 aromatic rings. The molecule has 0 aromatic heterocycles. The molecular weight excluding hydrogens is 296 g/mol. The van der Waals surface area contributed by atoms with Crippen LogP contribution in [0.5, 0.6) is 0 Å². The summed E-state index contributed by atoms with van der Waals surface area (Å²) in [6.45, 7) is 5.07. The molecule has 1 aliphatic carbocycles. The molecule has 0 amide bonds. The minimum absolute atomic E-state index is 0.122. The molecule has 0 radical (unpaired) electrons. The van der Waals surface area contributed by atoms with Gasteiger partial charge in [0.25, 0.3) is 0 Å². The van der Waals surface area contributed by atoms with Gasteiger partial charge >= 0.3 is 0 Å². The predicted molar refractivity (Wildman–Crippen MR) is 89.2 cm³/mol. The summed E-state index contributed by atoms with van der Waals surface area (Å²) in [5.74, 6) is 0.122. The average Bonchev–Trinajstić information content (AvgIpc) is 3.04. The summed E-state index contributed by atoms with van der Waals surface area (Å²) in [4.78, 5) is 2.49. The zero-order chi connectivity index (χ0) is 15.6. The number of sulfonamides is 1. The van der Waals surface area contributed by atoms with Crippen molar-refractivity contribution in [2.24, 2.45) is 0 Å². The van der Waals surface area contributed by atoms with Gasteiger partial charge in [0.1, 0.15) is 0 Å². The highest BCUT2D eigenvalue weighted by Crippen LogP contribution is 2.25. The summed E-state index contributed by atoms with van der Waals surface area (Å²) in [7, 11) is -3.19. The van der Waals surface area contributed by atoms with Gasteiger partial charge in [-0.05, 0) is 25.3 Å². The van der Waals surface area contributed by atoms with Crippen molar-refractivity contribution in [1.82, 2.24) is 9.21 Å². The minimum Gasteiger partial charge on any atom is -0.298 e. The first-order chi connectivity index (χ1) is 10.5. The van der Waals surface area contributed by atoms with Crippen LogP contribution in [0, 0.1) is 6.92 Å². The molecule has 1 heterocycles. The maximum Gasteiger partial charge on any atom is 0.218 e. The SMILES string of the molecule is Cc1ccc(CS(=O)(=O)N2CCN(C3CCCC3)CC2)cc1. The van der Waals surface area contributed by atoms with E-state index in [1.165, 1.54) is 25.7 Å². The fraction of sp³-hybridized carbons (Fsp3) is 0.647. The highest BCUT2D eigenvalue weighted by Gasteiger charge is 2.30. The van der Waals surface area contributed by atoms with Crippen LogP contribution in [0.2, 0.25) is 0 Å². The second-order valence-corrected chi connectivity index (χ2v) is 8.58. The highest BCUT2D eigenvalue weighted by atomic mass is 32.2. The number of nitrogens with zero attached hydrogens (tertiary/aromatic N) is 2. The first-order valence-electron chi connectivity index (χ1n) is 8.32. The summed E-state index contributed by atoms with van der Waals surface area (Å²) < 4.78 is 26.8. The van der Waals surface area contributed by atoms with Gasteiger partial charge in [-0.1, -0.05) is 42.7 Å². The highest BCUT2D eigenvalue weighted by molar-refractivity contribution is 7.88. The van der Waals surface area contributed by atoms with Crippen LogP contribution in [0.4, 0.5) is 0 Å². The van der Waals surface area contributed by atoms with E-state index in [9.17, 15) is 8.42 Å². The number of hydrogen-bond donors (Lipinski definition) is 0. The third-order valence-corrected chi connectivity index (χ3v) is 6.83. The molecule has 0 atom stereocenters. The Kier molecular flexibility index (Phi) is 4.85. The fourth-order valence-corrected chi connectivity index (χ4v) is 5.12. The lowest BCUT2D eigenvalue weighted by molar-refractivity contribution is 0.139. The number of benzene rings is 1. The predicted octanol–water partition coefficient (Wildman–Crippen LogP) is 2.39. The van der Waals surface area contributed by atoms with E-state index in [1.54, 1.807) is 4.31 Å². The van der Waals surface area contributed by atoms with Crippen molar-refractivity contribution in [2.45, 2.75) is 44.4 Å². The fourth-order valence-electron chi connectivity index (χ4n) is 3.60. The van der Waals surface area contributed by atoms with Crippen LogP contribution in [-0.2, 0) is 15.8 Å². The van der Waals surface area contributed by atoms with Crippen LogP contribution in [0.3, 0.4) is 0 Å². The largest absolute Gasteiger partial charge is 0.298 e. The Balaban J connectivity index is 1.58. The molecular formula is C17H26N2O2S. The van der Waals surface area contributed by atoms with Crippen molar-refractivity contribution in [3.63, 3.8) is 0 Å². The van der Waals surface area contributed by atoms with Crippen molar-refractivity contribution in [2.75, 3.05) is 26.2 Å². The van der Waals surface area contributed by atoms with Crippen molar-refractivity contribution < 1.29 is 8.42 Å². The van der Waals surface area contributed by atoms with Gasteiger partial charge in [0.15, 0.2) is 0 Å². The van der Waals surface area contributed by atoms with Crippen LogP contribution in [-0.4, -0.2) is 49.8 Å². The van der Waals surface area contributed by atoms with Gasteiger partial charge in [-0.3, -0.25) is 4.90 Å². The number of rotatable bonds is 4. The van der Waals surface area contributed by atoms with Gasteiger partial charge in [-0.2, -0.15) is 4.31 Å². The molecule has 1 saturated carbocycles. The van der Waals surface area contributed by atoms with E-state index in [4.69, 9.17) is 0 Å². The Bertz CT molecular complexity index is 584. The van der Waals surface area contributed by atoms with E-state index in [1.807, 2.05) is 31.2 Å². The molecule has 2 fully saturated rings. The zero-order valence-corrected chi connectivity index (χ0v) is 14.2. The quantitative estimate of drug-likeness (QED) is 0.854. The minimum atomic E-state index is -3.19. The van der Waals surface area contributed by atoms with E-state index >= 15 is 0 Å². The molecule has 1 aliphatic heterocycles. The molecule has 4 nitrogen and oxygen atoms in total. The second kappa shape index (κ2) is 6.69. The van der Waals surface area contributed by atoms with Crippen LogP contribution < -0.4 is 0 Å². The monoisotopic (exact) mass is 322 g/mol. The molecule has 22 heavy (non-hydrogen) atoms. The summed E-state index contributed by atoms with van der Waals surface area (Å²) in [6.07, 6.45) is 5.24. The van der Waals surface area contributed by atoms with Gasteiger partial charge in [0, 0.05) is 32.2 Å². The molecule has 0 unspecified atom stereocenters. The van der Waals surface area contributed by atoms with Crippen LogP contribution in [0.1, 0.15) is 36.8 Å². The van der Waals surface area contributed by atoms with Crippen LogP contribution in [0.15, 0.2) is 24.3 Å². The van der Waals surface area contributed by atoms with E-state index in [0.717, 1.165) is 24.2 Å². The Morgan fingerprint density at radius 1 is 1.00 bits per heavy atom. The van der Waals surface area contributed by atoms with Gasteiger partial charge in [0.05, 0.1) is 5.75 Å². The van der Waals surface area contributed by atoms with Crippen LogP contribution >= 0.6 is 0 Å². The van der Waals surface area contributed by atoms with Crippen LogP contribution in [0.25, 0.3) is 0 Å². The number of hydrogen-bond acceptors (Lipinski definition) is 3. The topological polar surface area (TPSA) is 40.6 Å². The zero-order valence-electron chi connectivity index (χ0n) is 13.4. The molecule has 0 N–H and O–H groups in total. The van der Waals surface area contributed by atoms with Crippen molar-refractivity contribution in [1.29, 1.82) is 0 Å². The second-order valence-electron chi connectivity index (χ2n) is 6.62. The summed E-state index contributed by atoms with van der Waals surface area (Å²) in [6, 6.07) is 8.48. The van der Waals surface area contributed by atoms with Crippen molar-refractivity contribution in [3.8, 4) is 0 Å². The number of piperazine rings is 1. The maximum absolute atomic E-state index is 12.6. The molecule has 1 saturated heterocycles. The summed E-state index contributed by atoms with van der Waals surface area (Å²) in [5.41, 5.74) is 2.04. The third kappa shape index (κ3) is 3.70. The first kappa shape index (κ1) is 16.0. The maximum atomic E-state index is 12.6. The summed E-state index contributed by atoms with van der Waals surface area (Å²) >= 11 is 0. The average molecular weight is 322 g/mol. The van der Waals surface area contributed by atoms with Gasteiger partial charge in [0.2, 0.25) is 10.0 Å². The third-order valence-electron chi connectivity index (χ3n) is 4.98. The van der Waals surface area contributed by atoms with E-state index in [0.29, 0.717) is 19.1 Å². The Labute approximate surface area is 134 Å². The summed E-state index contributed by atoms with van der Waals surface area (Å²) in [5, 5.41) is 0. The van der Waals surface area contributed by atoms with Crippen molar-refractivity contribution >= 4 is 10.0 Å². The smallest absolute Gasteiger partial charge is 0.218 e. The Hall–Kier alpha value is -0.910. The molecule has 0 spiro atoms. The molecule has 3 rings (SSSR count). The van der Waals surface area contributed by atoms with E-state index in [-0.39, 0.29) is 5.75 Å². The standard InChI is InChI=1S/C17H26N2O2S/c1-15-6-8-16(9-7-15)14-22(20,21)19-12-10-18(11-13-19)17-4-2-3-5-17/h6-9,17H,2-5,10-14H2,1H3. The van der Waals surface area contributed by atoms with Gasteiger partial charge in [-0.25, -0.2) is 8.42 Å². The molecule has 2 aliphatic rings. The molecule has 0 bridgehead atoms. The normalized spacial score (nSPS) is 22.2. The Morgan fingerprint density at radius 3 is 2.18 bits per heavy atom. The van der Waals surface area contributed by atoms with Gasteiger partial charge < -0.3 is 0 Å². The van der Waals surface area contributed by atoms with E-state index < -0.39 is 10.0 Å². The lowest BCUT2D eigenvalue weighted by Crippen LogP contribution is -2.51. The van der Waals surface area contributed by atoms with E-state index in [2.05, 4.69) is 4.90 Å². The van der Waals surface area contributed by atoms with Crippen molar-refractivity contribution in [3.05, 3.63) is 35.4 Å². The molecule has 122 valence electrons. The lowest BCUT2D eigenvalue weighted by atomic mass is 10.2. The number of aryl methyl sites for hydroxylation is 1. The molecule has 1 aromatic carbocycles. The Morgan fingerprint density at radius 2 is 1.59 bits per heavy atom. The molecule has 5 heteroatoms. The first-order valence-corrected chi connectivity index (χ1v) is 9.93.